The van der Waals surface area contributed by atoms with Crippen LogP contribution in [0.1, 0.15) is 11.7 Å². The van der Waals surface area contributed by atoms with Gasteiger partial charge in [0.2, 0.25) is 0 Å². The van der Waals surface area contributed by atoms with Gasteiger partial charge in [-0.15, -0.1) is 0 Å². The smallest absolute Gasteiger partial charge is 0.180 e. The lowest BCUT2D eigenvalue weighted by Crippen LogP contribution is -2.23. The van der Waals surface area contributed by atoms with E-state index in [1.165, 1.54) is 24.5 Å². The molecule has 1 N–H and O–H groups in total. The van der Waals surface area contributed by atoms with E-state index < -0.39 is 6.10 Å². The SMILES string of the molecule is N#CC(O)c1cc[n+]([O-])cc1. The van der Waals surface area contributed by atoms with Gasteiger partial charge in [0.05, 0.1) is 6.07 Å². The first-order valence-electron chi connectivity index (χ1n) is 3.00. The Labute approximate surface area is 63.5 Å². The molecular formula is C7H6N2O2. The lowest BCUT2D eigenvalue weighted by molar-refractivity contribution is -0.605. The Kier molecular flexibility index (Phi) is 2.04. The van der Waals surface area contributed by atoms with Crippen molar-refractivity contribution in [2.75, 3.05) is 0 Å². The molecule has 0 aliphatic heterocycles. The van der Waals surface area contributed by atoms with Crippen molar-refractivity contribution in [1.82, 2.24) is 0 Å². The molecule has 0 aliphatic carbocycles. The van der Waals surface area contributed by atoms with Crippen LogP contribution in [0, 0.1) is 16.5 Å². The fraction of sp³-hybridized carbons (Fsp3) is 0.143. The highest BCUT2D eigenvalue weighted by molar-refractivity contribution is 5.16. The summed E-state index contributed by atoms with van der Waals surface area (Å²) >= 11 is 0. The predicted octanol–water partition coefficient (Wildman–Crippen LogP) is -0.123. The summed E-state index contributed by atoms with van der Waals surface area (Å²) in [6.45, 7) is 0. The quantitative estimate of drug-likeness (QED) is 0.344. The Morgan fingerprint density at radius 1 is 1.55 bits per heavy atom. The third kappa shape index (κ3) is 1.66. The molecule has 1 rings (SSSR count). The van der Waals surface area contributed by atoms with E-state index in [-0.39, 0.29) is 0 Å². The number of rotatable bonds is 1. The molecule has 0 amide bonds. The second-order valence-electron chi connectivity index (χ2n) is 2.02. The van der Waals surface area contributed by atoms with Crippen LogP contribution in [0.15, 0.2) is 24.5 Å². The Hall–Kier alpha value is -1.60. The zero-order valence-corrected chi connectivity index (χ0v) is 5.64. The minimum Gasteiger partial charge on any atom is -0.619 e. The molecule has 4 heteroatoms. The zero-order valence-electron chi connectivity index (χ0n) is 5.64. The summed E-state index contributed by atoms with van der Waals surface area (Å²) in [7, 11) is 0. The highest BCUT2D eigenvalue weighted by atomic mass is 16.5. The van der Waals surface area contributed by atoms with Gasteiger partial charge in [-0.2, -0.15) is 9.99 Å². The van der Waals surface area contributed by atoms with Crippen molar-refractivity contribution in [1.29, 1.82) is 5.26 Å². The van der Waals surface area contributed by atoms with E-state index in [1.807, 2.05) is 0 Å². The fourth-order valence-electron chi connectivity index (χ4n) is 0.681. The third-order valence-corrected chi connectivity index (χ3v) is 1.27. The van der Waals surface area contributed by atoms with Crippen molar-refractivity contribution >= 4 is 0 Å². The second-order valence-corrected chi connectivity index (χ2v) is 2.02. The largest absolute Gasteiger partial charge is 0.619 e. The molecule has 0 radical (unpaired) electrons. The first kappa shape index (κ1) is 7.51. The van der Waals surface area contributed by atoms with E-state index in [0.717, 1.165) is 0 Å². The van der Waals surface area contributed by atoms with Crippen molar-refractivity contribution in [2.24, 2.45) is 0 Å². The number of hydrogen-bond acceptors (Lipinski definition) is 3. The molecule has 0 spiro atoms. The molecule has 0 saturated heterocycles. The minimum absolute atomic E-state index is 0.430. The summed E-state index contributed by atoms with van der Waals surface area (Å²) in [5.41, 5.74) is 0.430. The Morgan fingerprint density at radius 2 is 2.09 bits per heavy atom. The fourth-order valence-corrected chi connectivity index (χ4v) is 0.681. The maximum atomic E-state index is 10.5. The van der Waals surface area contributed by atoms with Gasteiger partial charge in [0, 0.05) is 17.7 Å². The van der Waals surface area contributed by atoms with Gasteiger partial charge in [-0.25, -0.2) is 0 Å². The van der Waals surface area contributed by atoms with Crippen LogP contribution in [0.2, 0.25) is 0 Å². The van der Waals surface area contributed by atoms with Crippen LogP contribution >= 0.6 is 0 Å². The van der Waals surface area contributed by atoms with Crippen LogP contribution in [-0.2, 0) is 0 Å². The summed E-state index contributed by atoms with van der Waals surface area (Å²) in [5, 5.41) is 27.7. The standard InChI is InChI=1S/C7H6N2O2/c8-5-7(10)6-1-3-9(11)4-2-6/h1-4,7,10H. The highest BCUT2D eigenvalue weighted by Crippen LogP contribution is 2.07. The topological polar surface area (TPSA) is 71.0 Å². The number of nitrogens with zero attached hydrogens (tertiary/aromatic N) is 2. The molecule has 0 aliphatic rings. The van der Waals surface area contributed by atoms with Crippen LogP contribution in [0.5, 0.6) is 0 Å². The maximum Gasteiger partial charge on any atom is 0.180 e. The van der Waals surface area contributed by atoms with E-state index in [0.29, 0.717) is 10.3 Å². The highest BCUT2D eigenvalue weighted by Gasteiger charge is 2.05. The maximum absolute atomic E-state index is 10.5. The summed E-state index contributed by atoms with van der Waals surface area (Å²) in [6, 6.07) is 4.45. The Bertz CT molecular complexity index is 275. The van der Waals surface area contributed by atoms with Gasteiger partial charge in [-0.05, 0) is 0 Å². The number of pyridine rings is 1. The number of hydrogen-bond donors (Lipinski definition) is 1. The van der Waals surface area contributed by atoms with E-state index in [2.05, 4.69) is 0 Å². The average molecular weight is 150 g/mol. The van der Waals surface area contributed by atoms with Gasteiger partial charge in [0.25, 0.3) is 0 Å². The molecule has 1 aromatic heterocycles. The lowest BCUT2D eigenvalue weighted by Gasteiger charge is -1.99. The summed E-state index contributed by atoms with van der Waals surface area (Å²) in [6.07, 6.45) is 1.32. The normalized spacial score (nSPS) is 12.0. The molecule has 1 heterocycles. The molecule has 0 aromatic carbocycles. The van der Waals surface area contributed by atoms with Crippen molar-refractivity contribution in [3.05, 3.63) is 35.3 Å². The van der Waals surface area contributed by atoms with Gasteiger partial charge < -0.3 is 10.3 Å². The van der Waals surface area contributed by atoms with E-state index in [4.69, 9.17) is 10.4 Å². The molecule has 0 saturated carbocycles. The third-order valence-electron chi connectivity index (χ3n) is 1.27. The van der Waals surface area contributed by atoms with Gasteiger partial charge in [-0.1, -0.05) is 0 Å². The van der Waals surface area contributed by atoms with Crippen LogP contribution in [0.4, 0.5) is 0 Å². The molecule has 11 heavy (non-hydrogen) atoms. The van der Waals surface area contributed by atoms with Gasteiger partial charge >= 0.3 is 0 Å². The lowest BCUT2D eigenvalue weighted by atomic mass is 10.2. The molecule has 1 unspecified atom stereocenters. The van der Waals surface area contributed by atoms with E-state index in [1.54, 1.807) is 6.07 Å². The van der Waals surface area contributed by atoms with Crippen LogP contribution < -0.4 is 4.73 Å². The van der Waals surface area contributed by atoms with E-state index in [9.17, 15) is 5.21 Å². The van der Waals surface area contributed by atoms with Crippen LogP contribution in [0.25, 0.3) is 0 Å². The van der Waals surface area contributed by atoms with Crippen molar-refractivity contribution in [2.45, 2.75) is 6.10 Å². The monoisotopic (exact) mass is 150 g/mol. The van der Waals surface area contributed by atoms with Gasteiger partial charge in [-0.3, -0.25) is 0 Å². The first-order valence-corrected chi connectivity index (χ1v) is 3.00. The second kappa shape index (κ2) is 2.99. The van der Waals surface area contributed by atoms with Crippen molar-refractivity contribution in [3.8, 4) is 6.07 Å². The predicted molar refractivity (Wildman–Crippen MR) is 36.0 cm³/mol. The molecule has 1 atom stereocenters. The zero-order chi connectivity index (χ0) is 8.27. The number of aliphatic hydroxyl groups is 1. The van der Waals surface area contributed by atoms with Crippen molar-refractivity contribution < 1.29 is 9.84 Å². The Morgan fingerprint density at radius 3 is 2.55 bits per heavy atom. The number of nitriles is 1. The molecule has 56 valence electrons. The average Bonchev–Trinajstić information content (AvgIpc) is 2.05. The first-order chi connectivity index (χ1) is 5.24. The number of aliphatic hydroxyl groups excluding tert-OH is 1. The Balaban J connectivity index is 2.92. The summed E-state index contributed by atoms with van der Waals surface area (Å²) < 4.78 is 0.591. The molecular weight excluding hydrogens is 144 g/mol. The van der Waals surface area contributed by atoms with E-state index >= 15 is 0 Å². The van der Waals surface area contributed by atoms with Gasteiger partial charge in [0.15, 0.2) is 18.5 Å². The van der Waals surface area contributed by atoms with Gasteiger partial charge in [0.1, 0.15) is 0 Å². The summed E-state index contributed by atoms with van der Waals surface area (Å²) in [4.78, 5) is 0. The molecule has 0 bridgehead atoms. The van der Waals surface area contributed by atoms with Crippen LogP contribution in [0.3, 0.4) is 0 Å². The number of aromatic nitrogens is 1. The summed E-state index contributed by atoms with van der Waals surface area (Å²) in [5.74, 6) is 0. The molecule has 1 aromatic rings. The minimum atomic E-state index is -1.14. The molecule has 0 fully saturated rings. The van der Waals surface area contributed by atoms with Crippen molar-refractivity contribution in [3.63, 3.8) is 0 Å². The van der Waals surface area contributed by atoms with Crippen LogP contribution in [-0.4, -0.2) is 5.11 Å². The molecule has 4 nitrogen and oxygen atoms in total.